The van der Waals surface area contributed by atoms with Gasteiger partial charge in [0.2, 0.25) is 0 Å². The quantitative estimate of drug-likeness (QED) is 0.183. The maximum absolute atomic E-state index is 6.16. The van der Waals surface area contributed by atoms with E-state index < -0.39 is 0 Å². The Balaban J connectivity index is 1.87. The van der Waals surface area contributed by atoms with E-state index in [1.807, 2.05) is 0 Å². The second-order valence-corrected chi connectivity index (χ2v) is 8.83. The molecule has 0 spiro atoms. The van der Waals surface area contributed by atoms with E-state index in [1.165, 1.54) is 68.7 Å². The molecule has 2 aromatic carbocycles. The van der Waals surface area contributed by atoms with Crippen LogP contribution >= 0.6 is 15.9 Å². The van der Waals surface area contributed by atoms with Crippen LogP contribution in [-0.2, 0) is 0 Å². The van der Waals surface area contributed by atoms with Crippen LogP contribution in [-0.4, -0.2) is 18.5 Å². The molecule has 0 heterocycles. The van der Waals surface area contributed by atoms with Gasteiger partial charge in [-0.2, -0.15) is 0 Å². The maximum Gasteiger partial charge on any atom is 0.127 e. The van der Waals surface area contributed by atoms with E-state index in [2.05, 4.69) is 60.1 Å². The smallest absolute Gasteiger partial charge is 0.127 e. The Morgan fingerprint density at radius 1 is 0.655 bits per heavy atom. The fourth-order valence-corrected chi connectivity index (χ4v) is 4.03. The van der Waals surface area contributed by atoms with Crippen molar-refractivity contribution in [2.75, 3.05) is 18.5 Å². The van der Waals surface area contributed by atoms with E-state index in [0.717, 1.165) is 48.3 Å². The lowest BCUT2D eigenvalue weighted by Gasteiger charge is -2.14. The van der Waals surface area contributed by atoms with Gasteiger partial charge < -0.3 is 9.47 Å². The molecular weight excluding hydrogens is 424 g/mol. The average Bonchev–Trinajstić information content (AvgIpc) is 2.73. The van der Waals surface area contributed by atoms with Gasteiger partial charge in [-0.25, -0.2) is 0 Å². The van der Waals surface area contributed by atoms with Crippen LogP contribution in [0.15, 0.2) is 30.3 Å². The second-order valence-electron chi connectivity index (χ2n) is 8.03. The van der Waals surface area contributed by atoms with Crippen LogP contribution in [0, 0.1) is 6.92 Å². The third-order valence-electron chi connectivity index (χ3n) is 5.38. The standard InChI is InChI=1S/C26H39BrO2/c1-3-4-5-9-12-19-28-25-16-17-26(24-21-22(2)14-15-23(24)25)29-20-13-10-7-6-8-11-18-27/h14-17,21H,3-13,18-20H2,1-2H3. The van der Waals surface area contributed by atoms with Gasteiger partial charge in [-0.3, -0.25) is 0 Å². The van der Waals surface area contributed by atoms with Crippen LogP contribution in [0.1, 0.15) is 83.1 Å². The molecule has 2 aromatic rings. The third kappa shape index (κ3) is 8.99. The van der Waals surface area contributed by atoms with Crippen molar-refractivity contribution in [2.24, 2.45) is 0 Å². The molecule has 0 aliphatic heterocycles. The summed E-state index contributed by atoms with van der Waals surface area (Å²) in [6.45, 7) is 5.97. The van der Waals surface area contributed by atoms with Gasteiger partial charge in [-0.1, -0.05) is 91.9 Å². The summed E-state index contributed by atoms with van der Waals surface area (Å²) in [4.78, 5) is 0. The number of hydrogen-bond donors (Lipinski definition) is 0. The van der Waals surface area contributed by atoms with Gasteiger partial charge in [0, 0.05) is 16.1 Å². The van der Waals surface area contributed by atoms with Crippen molar-refractivity contribution in [3.05, 3.63) is 35.9 Å². The van der Waals surface area contributed by atoms with Crippen LogP contribution in [0.25, 0.3) is 10.8 Å². The zero-order chi connectivity index (χ0) is 20.7. The van der Waals surface area contributed by atoms with E-state index in [1.54, 1.807) is 0 Å². The van der Waals surface area contributed by atoms with Gasteiger partial charge in [-0.05, 0) is 44.4 Å². The van der Waals surface area contributed by atoms with Crippen molar-refractivity contribution >= 4 is 26.7 Å². The highest BCUT2D eigenvalue weighted by molar-refractivity contribution is 9.09. The normalized spacial score (nSPS) is 11.1. The summed E-state index contributed by atoms with van der Waals surface area (Å²) in [6, 6.07) is 10.7. The molecule has 0 atom stereocenters. The van der Waals surface area contributed by atoms with E-state index in [9.17, 15) is 0 Å². The van der Waals surface area contributed by atoms with Crippen molar-refractivity contribution in [3.8, 4) is 11.5 Å². The largest absolute Gasteiger partial charge is 0.493 e. The zero-order valence-electron chi connectivity index (χ0n) is 18.5. The summed E-state index contributed by atoms with van der Waals surface area (Å²) < 4.78 is 12.3. The number of alkyl halides is 1. The molecular formula is C26H39BrO2. The van der Waals surface area contributed by atoms with Gasteiger partial charge >= 0.3 is 0 Å². The number of ether oxygens (including phenoxy) is 2. The topological polar surface area (TPSA) is 18.5 Å². The molecule has 0 amide bonds. The Bertz CT molecular complexity index is 698. The first-order valence-corrected chi connectivity index (χ1v) is 12.7. The average molecular weight is 464 g/mol. The molecule has 0 bridgehead atoms. The van der Waals surface area contributed by atoms with Crippen LogP contribution in [0.2, 0.25) is 0 Å². The van der Waals surface area contributed by atoms with Crippen molar-refractivity contribution in [1.82, 2.24) is 0 Å². The third-order valence-corrected chi connectivity index (χ3v) is 5.94. The predicted octanol–water partition coefficient (Wildman–Crippen LogP) is 8.61. The summed E-state index contributed by atoms with van der Waals surface area (Å²) >= 11 is 3.50. The van der Waals surface area contributed by atoms with Gasteiger partial charge in [0.25, 0.3) is 0 Å². The Morgan fingerprint density at radius 3 is 1.83 bits per heavy atom. The first kappa shape index (κ1) is 24.1. The Morgan fingerprint density at radius 2 is 1.21 bits per heavy atom. The molecule has 162 valence electrons. The van der Waals surface area contributed by atoms with E-state index >= 15 is 0 Å². The van der Waals surface area contributed by atoms with Crippen LogP contribution in [0.5, 0.6) is 11.5 Å². The lowest BCUT2D eigenvalue weighted by molar-refractivity contribution is 0.301. The van der Waals surface area contributed by atoms with Crippen LogP contribution in [0.4, 0.5) is 0 Å². The lowest BCUT2D eigenvalue weighted by Crippen LogP contribution is -2.01. The Hall–Kier alpha value is -1.22. The summed E-state index contributed by atoms with van der Waals surface area (Å²) in [6.07, 6.45) is 13.9. The highest BCUT2D eigenvalue weighted by Crippen LogP contribution is 2.34. The SMILES string of the molecule is CCCCCCCOc1ccc(OCCCCCCCCBr)c2cc(C)ccc12. The molecule has 0 fully saturated rings. The van der Waals surface area contributed by atoms with Crippen molar-refractivity contribution in [3.63, 3.8) is 0 Å². The molecule has 0 aliphatic carbocycles. The fourth-order valence-electron chi connectivity index (χ4n) is 3.63. The number of hydrogen-bond acceptors (Lipinski definition) is 2. The second kappa shape index (κ2) is 14.7. The number of rotatable bonds is 16. The molecule has 0 aromatic heterocycles. The van der Waals surface area contributed by atoms with E-state index in [0.29, 0.717) is 0 Å². The lowest BCUT2D eigenvalue weighted by atomic mass is 10.1. The van der Waals surface area contributed by atoms with Gasteiger partial charge in [0.15, 0.2) is 0 Å². The monoisotopic (exact) mass is 462 g/mol. The Kier molecular flexibility index (Phi) is 12.2. The number of benzene rings is 2. The first-order valence-electron chi connectivity index (χ1n) is 11.6. The maximum atomic E-state index is 6.16. The summed E-state index contributed by atoms with van der Waals surface area (Å²) in [5, 5.41) is 3.46. The summed E-state index contributed by atoms with van der Waals surface area (Å²) in [5.41, 5.74) is 1.26. The highest BCUT2D eigenvalue weighted by atomic mass is 79.9. The van der Waals surface area contributed by atoms with Gasteiger partial charge in [-0.15, -0.1) is 0 Å². The fraction of sp³-hybridized carbons (Fsp3) is 0.615. The molecule has 2 rings (SSSR count). The van der Waals surface area contributed by atoms with E-state index in [-0.39, 0.29) is 0 Å². The molecule has 2 nitrogen and oxygen atoms in total. The molecule has 0 unspecified atom stereocenters. The van der Waals surface area contributed by atoms with Crippen molar-refractivity contribution < 1.29 is 9.47 Å². The van der Waals surface area contributed by atoms with Crippen molar-refractivity contribution in [1.29, 1.82) is 0 Å². The molecule has 0 N–H and O–H groups in total. The highest BCUT2D eigenvalue weighted by Gasteiger charge is 2.09. The minimum absolute atomic E-state index is 0.791. The van der Waals surface area contributed by atoms with Gasteiger partial charge in [0.1, 0.15) is 11.5 Å². The molecule has 0 saturated heterocycles. The first-order chi connectivity index (χ1) is 14.3. The number of aryl methyl sites for hydroxylation is 1. The number of halogens is 1. The van der Waals surface area contributed by atoms with E-state index in [4.69, 9.17) is 9.47 Å². The molecule has 0 aliphatic rings. The van der Waals surface area contributed by atoms with Crippen molar-refractivity contribution in [2.45, 2.75) is 84.5 Å². The number of fused-ring (bicyclic) bond motifs is 1. The molecule has 0 saturated carbocycles. The van der Waals surface area contributed by atoms with Crippen LogP contribution < -0.4 is 9.47 Å². The minimum atomic E-state index is 0.791. The van der Waals surface area contributed by atoms with Gasteiger partial charge in [0.05, 0.1) is 13.2 Å². The summed E-state index contributed by atoms with van der Waals surface area (Å²) in [5.74, 6) is 1.97. The summed E-state index contributed by atoms with van der Waals surface area (Å²) in [7, 11) is 0. The van der Waals surface area contributed by atoms with Crippen LogP contribution in [0.3, 0.4) is 0 Å². The predicted molar refractivity (Wildman–Crippen MR) is 130 cm³/mol. The number of unbranched alkanes of at least 4 members (excludes halogenated alkanes) is 9. The minimum Gasteiger partial charge on any atom is -0.493 e. The zero-order valence-corrected chi connectivity index (χ0v) is 20.1. The molecule has 0 radical (unpaired) electrons. The molecule has 3 heteroatoms. The molecule has 29 heavy (non-hydrogen) atoms. The Labute approximate surface area is 186 Å².